The number of hydrogen-bond donors (Lipinski definition) is 0. The van der Waals surface area contributed by atoms with Crippen LogP contribution in [0.1, 0.15) is 41.2 Å². The van der Waals surface area contributed by atoms with Crippen molar-refractivity contribution < 1.29 is 14.1 Å². The maximum Gasteiger partial charge on any atom is 0.312 e. The SMILES string of the molecule is CCOC(=O)C/C(=N\[S@+]([O-])c1ccc(C)cc1)c1ccc(Cc2ccccc2C)cc1. The molecular weight excluding hydrogens is 406 g/mol. The van der Waals surface area contributed by atoms with Crippen LogP contribution in [0.4, 0.5) is 0 Å². The Morgan fingerprint density at radius 3 is 2.29 bits per heavy atom. The molecule has 0 aliphatic heterocycles. The third-order valence-electron chi connectivity index (χ3n) is 4.98. The van der Waals surface area contributed by atoms with E-state index >= 15 is 0 Å². The normalized spacial score (nSPS) is 12.5. The number of carbonyl (C=O) groups excluding carboxylic acids is 1. The van der Waals surface area contributed by atoms with E-state index in [1.54, 1.807) is 19.1 Å². The fourth-order valence-electron chi connectivity index (χ4n) is 3.19. The van der Waals surface area contributed by atoms with Crippen LogP contribution in [0.3, 0.4) is 0 Å². The Kier molecular flexibility index (Phi) is 8.04. The summed E-state index contributed by atoms with van der Waals surface area (Å²) >= 11 is -1.60. The van der Waals surface area contributed by atoms with Crippen LogP contribution >= 0.6 is 0 Å². The molecule has 0 aliphatic rings. The smallest absolute Gasteiger partial charge is 0.312 e. The monoisotopic (exact) mass is 433 g/mol. The van der Waals surface area contributed by atoms with Gasteiger partial charge in [-0.05, 0) is 56.0 Å². The van der Waals surface area contributed by atoms with E-state index < -0.39 is 11.4 Å². The van der Waals surface area contributed by atoms with E-state index in [0.29, 0.717) is 17.2 Å². The first kappa shape index (κ1) is 22.8. The quantitative estimate of drug-likeness (QED) is 0.273. The molecule has 3 aromatic rings. The summed E-state index contributed by atoms with van der Waals surface area (Å²) in [5.41, 5.74) is 6.00. The summed E-state index contributed by atoms with van der Waals surface area (Å²) in [6.45, 7) is 6.14. The minimum Gasteiger partial charge on any atom is -0.586 e. The molecule has 4 nitrogen and oxygen atoms in total. The van der Waals surface area contributed by atoms with Crippen molar-refractivity contribution in [3.05, 3.63) is 101 Å². The van der Waals surface area contributed by atoms with Crippen LogP contribution in [0.25, 0.3) is 0 Å². The molecule has 0 bridgehead atoms. The van der Waals surface area contributed by atoms with Crippen LogP contribution in [-0.4, -0.2) is 22.8 Å². The average Bonchev–Trinajstić information content (AvgIpc) is 2.76. The summed E-state index contributed by atoms with van der Waals surface area (Å²) in [5, 5.41) is 0. The molecule has 31 heavy (non-hydrogen) atoms. The lowest BCUT2D eigenvalue weighted by atomic mass is 9.98. The van der Waals surface area contributed by atoms with Crippen molar-refractivity contribution in [2.24, 2.45) is 4.40 Å². The van der Waals surface area contributed by atoms with Gasteiger partial charge in [-0.25, -0.2) is 0 Å². The molecule has 5 heteroatoms. The molecule has 0 unspecified atom stereocenters. The summed E-state index contributed by atoms with van der Waals surface area (Å²) in [4.78, 5) is 12.7. The van der Waals surface area contributed by atoms with E-state index in [1.807, 2.05) is 55.5 Å². The van der Waals surface area contributed by atoms with Crippen molar-refractivity contribution in [1.82, 2.24) is 0 Å². The Morgan fingerprint density at radius 1 is 0.968 bits per heavy atom. The molecule has 160 valence electrons. The minimum atomic E-state index is -1.60. The highest BCUT2D eigenvalue weighted by atomic mass is 32.2. The maximum absolute atomic E-state index is 12.8. The van der Waals surface area contributed by atoms with Gasteiger partial charge in [0.15, 0.2) is 4.90 Å². The first-order valence-corrected chi connectivity index (χ1v) is 11.4. The zero-order chi connectivity index (χ0) is 22.2. The van der Waals surface area contributed by atoms with E-state index in [2.05, 4.69) is 23.5 Å². The average molecular weight is 434 g/mol. The van der Waals surface area contributed by atoms with Crippen molar-refractivity contribution >= 4 is 23.0 Å². The summed E-state index contributed by atoms with van der Waals surface area (Å²) in [6, 6.07) is 23.6. The highest BCUT2D eigenvalue weighted by Gasteiger charge is 2.18. The van der Waals surface area contributed by atoms with Crippen LogP contribution in [0.5, 0.6) is 0 Å². The first-order valence-electron chi connectivity index (χ1n) is 10.3. The van der Waals surface area contributed by atoms with E-state index in [1.165, 1.54) is 11.1 Å². The molecule has 0 amide bonds. The van der Waals surface area contributed by atoms with Gasteiger partial charge in [0.05, 0.1) is 13.0 Å². The molecule has 3 aromatic carbocycles. The van der Waals surface area contributed by atoms with Gasteiger partial charge >= 0.3 is 5.97 Å². The minimum absolute atomic E-state index is 0.0252. The highest BCUT2D eigenvalue weighted by Crippen LogP contribution is 2.19. The van der Waals surface area contributed by atoms with Gasteiger partial charge in [-0.3, -0.25) is 4.79 Å². The van der Waals surface area contributed by atoms with Crippen LogP contribution in [-0.2, 0) is 27.3 Å². The van der Waals surface area contributed by atoms with Gasteiger partial charge in [-0.1, -0.05) is 70.6 Å². The number of rotatable bonds is 8. The van der Waals surface area contributed by atoms with Gasteiger partial charge in [0.25, 0.3) is 0 Å². The second-order valence-corrected chi connectivity index (χ2v) is 8.53. The molecule has 0 N–H and O–H groups in total. The predicted molar refractivity (Wildman–Crippen MR) is 126 cm³/mol. The first-order chi connectivity index (χ1) is 15.0. The number of nitrogens with zero attached hydrogens (tertiary/aromatic N) is 1. The van der Waals surface area contributed by atoms with Crippen molar-refractivity contribution in [3.8, 4) is 0 Å². The fourth-order valence-corrected chi connectivity index (χ4v) is 4.03. The fraction of sp³-hybridized carbons (Fsp3) is 0.231. The van der Waals surface area contributed by atoms with Gasteiger partial charge in [-0.15, -0.1) is 0 Å². The molecule has 1 atom stereocenters. The molecule has 0 aromatic heterocycles. The lowest BCUT2D eigenvalue weighted by Gasteiger charge is -2.10. The third-order valence-corrected chi connectivity index (χ3v) is 6.04. The van der Waals surface area contributed by atoms with Crippen LogP contribution in [0, 0.1) is 13.8 Å². The van der Waals surface area contributed by atoms with Crippen molar-refractivity contribution in [2.75, 3.05) is 6.61 Å². The number of ether oxygens (including phenoxy) is 1. The van der Waals surface area contributed by atoms with Gasteiger partial charge in [0.2, 0.25) is 0 Å². The van der Waals surface area contributed by atoms with Crippen LogP contribution < -0.4 is 0 Å². The Hall–Kier alpha value is -2.89. The molecule has 0 spiro atoms. The Morgan fingerprint density at radius 2 is 1.65 bits per heavy atom. The molecule has 0 heterocycles. The molecule has 0 aliphatic carbocycles. The predicted octanol–water partition coefficient (Wildman–Crippen LogP) is 5.36. The zero-order valence-corrected chi connectivity index (χ0v) is 18.9. The van der Waals surface area contributed by atoms with Crippen molar-refractivity contribution in [2.45, 2.75) is 38.5 Å². The van der Waals surface area contributed by atoms with E-state index in [-0.39, 0.29) is 12.4 Å². The Labute approximate surface area is 187 Å². The molecule has 0 saturated carbocycles. The molecule has 3 rings (SSSR count). The molecule has 0 saturated heterocycles. The molecular formula is C26H27NO3S. The lowest BCUT2D eigenvalue weighted by Crippen LogP contribution is -2.14. The van der Waals surface area contributed by atoms with Crippen LogP contribution in [0.2, 0.25) is 0 Å². The third kappa shape index (κ3) is 6.54. The number of carbonyl (C=O) groups is 1. The Balaban J connectivity index is 1.85. The van der Waals surface area contributed by atoms with Gasteiger partial charge < -0.3 is 9.29 Å². The second-order valence-electron chi connectivity index (χ2n) is 7.38. The maximum atomic E-state index is 12.8. The summed E-state index contributed by atoms with van der Waals surface area (Å²) in [7, 11) is 0. The summed E-state index contributed by atoms with van der Waals surface area (Å²) < 4.78 is 22.3. The largest absolute Gasteiger partial charge is 0.586 e. The summed E-state index contributed by atoms with van der Waals surface area (Å²) in [6.07, 6.45) is 0.801. The molecule has 0 fully saturated rings. The number of aryl methyl sites for hydroxylation is 2. The van der Waals surface area contributed by atoms with E-state index in [4.69, 9.17) is 4.74 Å². The van der Waals surface area contributed by atoms with Gasteiger partial charge in [-0.2, -0.15) is 0 Å². The van der Waals surface area contributed by atoms with Gasteiger partial charge in [0.1, 0.15) is 17.1 Å². The Bertz CT molecular complexity index is 1040. The number of esters is 1. The lowest BCUT2D eigenvalue weighted by molar-refractivity contribution is -0.141. The van der Waals surface area contributed by atoms with Gasteiger partial charge in [0, 0.05) is 5.56 Å². The standard InChI is InChI=1S/C26H27NO3S/c1-4-30-26(28)18-25(27-31(29)24-15-9-19(2)10-16-24)22-13-11-21(12-14-22)17-23-8-6-5-7-20(23)3/h5-16H,4,17-18H2,1-3H3/b27-25+/t31-/m1/s1. The second kappa shape index (κ2) is 10.9. The van der Waals surface area contributed by atoms with Crippen molar-refractivity contribution in [3.63, 3.8) is 0 Å². The van der Waals surface area contributed by atoms with Crippen molar-refractivity contribution in [1.29, 1.82) is 0 Å². The number of benzene rings is 3. The molecule has 0 radical (unpaired) electrons. The van der Waals surface area contributed by atoms with E-state index in [0.717, 1.165) is 23.1 Å². The van der Waals surface area contributed by atoms with E-state index in [9.17, 15) is 9.35 Å². The summed E-state index contributed by atoms with van der Waals surface area (Å²) in [5.74, 6) is -0.383. The number of hydrogen-bond acceptors (Lipinski definition) is 4. The zero-order valence-electron chi connectivity index (χ0n) is 18.1. The topological polar surface area (TPSA) is 61.7 Å². The van der Waals surface area contributed by atoms with Crippen LogP contribution in [0.15, 0.2) is 82.1 Å². The highest BCUT2D eigenvalue weighted by molar-refractivity contribution is 7.90.